The lowest BCUT2D eigenvalue weighted by Crippen LogP contribution is -2.29. The molecule has 0 radical (unpaired) electrons. The Morgan fingerprint density at radius 1 is 1.06 bits per heavy atom. The highest BCUT2D eigenvalue weighted by Crippen LogP contribution is 2.41. The number of pyridine rings is 1. The number of halogens is 4. The Labute approximate surface area is 199 Å². The molecule has 1 aliphatic rings. The van der Waals surface area contributed by atoms with Crippen molar-refractivity contribution in [3.05, 3.63) is 82.8 Å². The highest BCUT2D eigenvalue weighted by atomic mass is 19.4. The molecule has 2 heterocycles. The molecule has 0 saturated carbocycles. The fraction of sp³-hybridized carbons (Fsp3) is 0.240. The first-order valence-corrected chi connectivity index (χ1v) is 10.9. The van der Waals surface area contributed by atoms with Crippen molar-refractivity contribution in [3.63, 3.8) is 0 Å². The van der Waals surface area contributed by atoms with Crippen molar-refractivity contribution in [1.82, 2.24) is 10.3 Å². The number of aromatic nitrogens is 1. The summed E-state index contributed by atoms with van der Waals surface area (Å²) in [5, 5.41) is 5.00. The number of fused-ring (bicyclic) bond motifs is 1. The van der Waals surface area contributed by atoms with Crippen molar-refractivity contribution in [2.24, 2.45) is 0 Å². The Morgan fingerprint density at radius 2 is 1.80 bits per heavy atom. The number of hydrogen-bond donors (Lipinski definition) is 2. The molecule has 2 aromatic carbocycles. The molecule has 0 aliphatic carbocycles. The normalized spacial score (nSPS) is 15.4. The summed E-state index contributed by atoms with van der Waals surface area (Å²) >= 11 is 0. The summed E-state index contributed by atoms with van der Waals surface area (Å²) < 4.78 is 53.3. The second-order valence-corrected chi connectivity index (χ2v) is 8.25. The van der Waals surface area contributed by atoms with Crippen LogP contribution >= 0.6 is 0 Å². The van der Waals surface area contributed by atoms with Crippen LogP contribution in [0.1, 0.15) is 51.1 Å². The number of amides is 2. The Kier molecular flexibility index (Phi) is 6.47. The van der Waals surface area contributed by atoms with E-state index in [1.807, 2.05) is 29.2 Å². The maximum atomic E-state index is 13.9. The molecule has 1 aliphatic heterocycles. The molecule has 35 heavy (non-hydrogen) atoms. The minimum absolute atomic E-state index is 0.110. The van der Waals surface area contributed by atoms with E-state index < -0.39 is 34.9 Å². The summed E-state index contributed by atoms with van der Waals surface area (Å²) in [5.41, 5.74) is 0.402. The van der Waals surface area contributed by atoms with E-state index in [1.165, 1.54) is 19.3 Å². The Morgan fingerprint density at radius 3 is 2.51 bits per heavy atom. The van der Waals surface area contributed by atoms with Crippen LogP contribution < -0.4 is 15.5 Å². The Hall–Kier alpha value is -3.95. The van der Waals surface area contributed by atoms with Crippen LogP contribution in [-0.4, -0.2) is 30.4 Å². The molecule has 3 aromatic rings. The first kappa shape index (κ1) is 24.2. The highest BCUT2D eigenvalue weighted by Gasteiger charge is 2.32. The van der Waals surface area contributed by atoms with Gasteiger partial charge < -0.3 is 15.5 Å². The topological polar surface area (TPSA) is 74.3 Å². The van der Waals surface area contributed by atoms with E-state index >= 15 is 0 Å². The first-order chi connectivity index (χ1) is 16.6. The molecule has 0 fully saturated rings. The summed E-state index contributed by atoms with van der Waals surface area (Å²) in [5.74, 6) is -2.01. The summed E-state index contributed by atoms with van der Waals surface area (Å²) in [6.07, 6.45) is -2.67. The summed E-state index contributed by atoms with van der Waals surface area (Å²) in [7, 11) is 1.43. The maximum Gasteiger partial charge on any atom is 0.416 e. The lowest BCUT2D eigenvalue weighted by molar-refractivity contribution is -0.137. The minimum Gasteiger partial charge on any atom is -0.355 e. The Bertz CT molecular complexity index is 1290. The number of alkyl halides is 3. The molecular weight excluding hydrogens is 464 g/mol. The van der Waals surface area contributed by atoms with E-state index in [9.17, 15) is 27.2 Å². The van der Waals surface area contributed by atoms with Gasteiger partial charge in [0.15, 0.2) is 5.82 Å². The second-order valence-electron chi connectivity index (χ2n) is 8.25. The minimum atomic E-state index is -4.82. The highest BCUT2D eigenvalue weighted by molar-refractivity contribution is 6.07. The fourth-order valence-corrected chi connectivity index (χ4v) is 4.08. The molecule has 1 atom stereocenters. The smallest absolute Gasteiger partial charge is 0.355 e. The zero-order valence-corrected chi connectivity index (χ0v) is 18.9. The van der Waals surface area contributed by atoms with Crippen molar-refractivity contribution in [3.8, 4) is 0 Å². The second kappa shape index (κ2) is 9.36. The van der Waals surface area contributed by atoms with Crippen LogP contribution in [0.15, 0.2) is 54.7 Å². The number of anilines is 3. The largest absolute Gasteiger partial charge is 0.416 e. The SMILES string of the molecule is CNC(=O)c1cnc(N2CCC(C)c3ccccc32)c(NC(=O)c2cc(F)cc(C(F)(F)F)c2)c1. The van der Waals surface area contributed by atoms with Gasteiger partial charge in [-0.05, 0) is 48.2 Å². The van der Waals surface area contributed by atoms with Crippen LogP contribution in [0, 0.1) is 5.82 Å². The number of carbonyl (C=O) groups is 2. The van der Waals surface area contributed by atoms with E-state index in [2.05, 4.69) is 22.5 Å². The van der Waals surface area contributed by atoms with Crippen molar-refractivity contribution >= 4 is 29.0 Å². The van der Waals surface area contributed by atoms with Gasteiger partial charge in [0.1, 0.15) is 5.82 Å². The van der Waals surface area contributed by atoms with Gasteiger partial charge in [-0.2, -0.15) is 13.2 Å². The van der Waals surface area contributed by atoms with Gasteiger partial charge in [-0.25, -0.2) is 9.37 Å². The summed E-state index contributed by atoms with van der Waals surface area (Å²) in [4.78, 5) is 31.4. The molecule has 2 N–H and O–H groups in total. The lowest BCUT2D eigenvalue weighted by atomic mass is 9.91. The molecular formula is C25H22F4N4O2. The number of carbonyl (C=O) groups excluding carboxylic acids is 2. The van der Waals surface area contributed by atoms with E-state index in [0.29, 0.717) is 30.4 Å². The predicted molar refractivity (Wildman–Crippen MR) is 123 cm³/mol. The average Bonchev–Trinajstić information content (AvgIpc) is 2.83. The third kappa shape index (κ3) is 4.96. The van der Waals surface area contributed by atoms with Crippen molar-refractivity contribution in [2.45, 2.75) is 25.4 Å². The number of nitrogens with one attached hydrogen (secondary N) is 2. The van der Waals surface area contributed by atoms with Crippen LogP contribution in [0.4, 0.5) is 34.8 Å². The monoisotopic (exact) mass is 486 g/mol. The fourth-order valence-electron chi connectivity index (χ4n) is 4.08. The van der Waals surface area contributed by atoms with E-state index in [4.69, 9.17) is 0 Å². The molecule has 0 spiro atoms. The predicted octanol–water partition coefficient (Wildman–Crippen LogP) is 5.50. The first-order valence-electron chi connectivity index (χ1n) is 10.9. The van der Waals surface area contributed by atoms with Crippen molar-refractivity contribution in [2.75, 3.05) is 23.8 Å². The quantitative estimate of drug-likeness (QED) is 0.478. The molecule has 0 saturated heterocycles. The van der Waals surface area contributed by atoms with Gasteiger partial charge in [-0.15, -0.1) is 0 Å². The number of rotatable bonds is 4. The lowest BCUT2D eigenvalue weighted by Gasteiger charge is -2.34. The molecule has 2 amide bonds. The van der Waals surface area contributed by atoms with E-state index in [0.717, 1.165) is 23.7 Å². The average molecular weight is 486 g/mol. The third-order valence-electron chi connectivity index (χ3n) is 5.89. The van der Waals surface area contributed by atoms with E-state index in [1.54, 1.807) is 0 Å². The number of nitrogens with zero attached hydrogens (tertiary/aromatic N) is 2. The van der Waals surface area contributed by atoms with Gasteiger partial charge in [0, 0.05) is 31.0 Å². The molecule has 0 bridgehead atoms. The van der Waals surface area contributed by atoms with Gasteiger partial charge in [0.25, 0.3) is 11.8 Å². The van der Waals surface area contributed by atoms with Gasteiger partial charge in [-0.3, -0.25) is 9.59 Å². The maximum absolute atomic E-state index is 13.9. The molecule has 182 valence electrons. The molecule has 1 aromatic heterocycles. The van der Waals surface area contributed by atoms with Crippen LogP contribution in [0.5, 0.6) is 0 Å². The van der Waals surface area contributed by atoms with Crippen LogP contribution in [0.25, 0.3) is 0 Å². The molecule has 10 heteroatoms. The zero-order chi connectivity index (χ0) is 25.3. The number of para-hydroxylation sites is 1. The van der Waals surface area contributed by atoms with Gasteiger partial charge in [0.05, 0.1) is 16.8 Å². The molecule has 4 rings (SSSR count). The zero-order valence-electron chi connectivity index (χ0n) is 18.9. The summed E-state index contributed by atoms with van der Waals surface area (Å²) in [6, 6.07) is 10.7. The third-order valence-corrected chi connectivity index (χ3v) is 5.89. The molecule has 1 unspecified atom stereocenters. The van der Waals surface area contributed by atoms with Crippen molar-refractivity contribution < 1.29 is 27.2 Å². The van der Waals surface area contributed by atoms with Gasteiger partial charge in [0.2, 0.25) is 0 Å². The van der Waals surface area contributed by atoms with E-state index in [-0.39, 0.29) is 11.3 Å². The number of hydrogen-bond acceptors (Lipinski definition) is 4. The molecule has 6 nitrogen and oxygen atoms in total. The van der Waals surface area contributed by atoms with Crippen LogP contribution in [0.3, 0.4) is 0 Å². The van der Waals surface area contributed by atoms with Crippen molar-refractivity contribution in [1.29, 1.82) is 0 Å². The summed E-state index contributed by atoms with van der Waals surface area (Å²) in [6.45, 7) is 2.66. The van der Waals surface area contributed by atoms with Gasteiger partial charge in [-0.1, -0.05) is 25.1 Å². The van der Waals surface area contributed by atoms with Crippen LogP contribution in [-0.2, 0) is 6.18 Å². The van der Waals surface area contributed by atoms with Gasteiger partial charge >= 0.3 is 6.18 Å². The standard InChI is InChI=1S/C25H22F4N4O2/c1-14-7-8-33(21-6-4-3-5-19(14)21)22-20(11-16(13-31-22)23(34)30-2)32-24(35)15-9-17(25(27,28)29)12-18(26)10-15/h3-6,9-14H,7-8H2,1-2H3,(H,30,34)(H,32,35). The Balaban J connectivity index is 1.77. The van der Waals surface area contributed by atoms with Crippen LogP contribution in [0.2, 0.25) is 0 Å². The number of benzene rings is 2.